The van der Waals surface area contributed by atoms with Gasteiger partial charge in [0.15, 0.2) is 0 Å². The lowest BCUT2D eigenvalue weighted by Gasteiger charge is -2.05. The Kier molecular flexibility index (Phi) is 2.62. The van der Waals surface area contributed by atoms with Crippen molar-refractivity contribution in [3.8, 4) is 0 Å². The monoisotopic (exact) mass is 204 g/mol. The zero-order valence-electron chi connectivity index (χ0n) is 8.69. The molecule has 0 aromatic carbocycles. The third-order valence-electron chi connectivity index (χ3n) is 2.17. The summed E-state index contributed by atoms with van der Waals surface area (Å²) in [4.78, 5) is 8.05. The molecule has 5 nitrogen and oxygen atoms in total. The van der Waals surface area contributed by atoms with Crippen molar-refractivity contribution in [2.24, 2.45) is 0 Å². The highest BCUT2D eigenvalue weighted by atomic mass is 16.5. The van der Waals surface area contributed by atoms with E-state index < -0.39 is 0 Å². The van der Waals surface area contributed by atoms with Gasteiger partial charge in [0.1, 0.15) is 24.1 Å². The van der Waals surface area contributed by atoms with Crippen LogP contribution in [0, 0.1) is 13.8 Å². The highest BCUT2D eigenvalue weighted by Crippen LogP contribution is 2.11. The first-order valence-electron chi connectivity index (χ1n) is 4.67. The van der Waals surface area contributed by atoms with Crippen LogP contribution in [0.4, 0.5) is 5.82 Å². The van der Waals surface area contributed by atoms with E-state index in [0.717, 1.165) is 22.6 Å². The van der Waals surface area contributed by atoms with Crippen molar-refractivity contribution in [1.82, 2.24) is 15.1 Å². The molecule has 2 aromatic rings. The summed E-state index contributed by atoms with van der Waals surface area (Å²) >= 11 is 0. The molecule has 0 saturated carbocycles. The van der Waals surface area contributed by atoms with E-state index in [1.807, 2.05) is 13.8 Å². The average molecular weight is 204 g/mol. The van der Waals surface area contributed by atoms with Gasteiger partial charge in [-0.3, -0.25) is 0 Å². The van der Waals surface area contributed by atoms with E-state index in [9.17, 15) is 0 Å². The fourth-order valence-corrected chi connectivity index (χ4v) is 1.23. The fraction of sp³-hybridized carbons (Fsp3) is 0.300. The number of nitrogens with one attached hydrogen (secondary N) is 1. The topological polar surface area (TPSA) is 63.8 Å². The number of aromatic nitrogens is 3. The number of nitrogens with zero attached hydrogens (tertiary/aromatic N) is 3. The molecule has 0 bridgehead atoms. The molecule has 2 rings (SSSR count). The molecule has 0 aliphatic rings. The molecule has 0 aliphatic heterocycles. The van der Waals surface area contributed by atoms with E-state index in [1.54, 1.807) is 12.5 Å². The van der Waals surface area contributed by atoms with E-state index in [4.69, 9.17) is 4.52 Å². The lowest BCUT2D eigenvalue weighted by molar-refractivity contribution is 0.412. The zero-order valence-corrected chi connectivity index (χ0v) is 8.69. The first-order valence-corrected chi connectivity index (χ1v) is 4.67. The number of hydrogen-bond donors (Lipinski definition) is 1. The predicted molar refractivity (Wildman–Crippen MR) is 55.3 cm³/mol. The number of hydrogen-bond acceptors (Lipinski definition) is 5. The molecule has 0 atom stereocenters. The molecule has 0 unspecified atom stereocenters. The van der Waals surface area contributed by atoms with Crippen molar-refractivity contribution in [1.29, 1.82) is 0 Å². The Morgan fingerprint density at radius 3 is 2.87 bits per heavy atom. The van der Waals surface area contributed by atoms with Gasteiger partial charge in [-0.1, -0.05) is 5.16 Å². The van der Waals surface area contributed by atoms with Crippen LogP contribution in [0.5, 0.6) is 0 Å². The standard InChI is InChI=1S/C10H12N4O/c1-7-3-11-6-13-10(7)12-4-9-8(2)5-15-14-9/h3,5-6H,4H2,1-2H3,(H,11,12,13). The molecule has 0 aliphatic carbocycles. The highest BCUT2D eigenvalue weighted by Gasteiger charge is 2.04. The smallest absolute Gasteiger partial charge is 0.132 e. The SMILES string of the molecule is Cc1conc1CNc1ncncc1C. The van der Waals surface area contributed by atoms with Crippen LogP contribution < -0.4 is 5.32 Å². The normalized spacial score (nSPS) is 10.3. The lowest BCUT2D eigenvalue weighted by Crippen LogP contribution is -2.04. The van der Waals surface area contributed by atoms with Gasteiger partial charge in [0, 0.05) is 17.3 Å². The van der Waals surface area contributed by atoms with Crippen molar-refractivity contribution in [3.63, 3.8) is 0 Å². The molecule has 2 aromatic heterocycles. The first-order chi connectivity index (χ1) is 7.27. The summed E-state index contributed by atoms with van der Waals surface area (Å²) in [5.41, 5.74) is 2.95. The summed E-state index contributed by atoms with van der Waals surface area (Å²) in [6.45, 7) is 4.53. The number of rotatable bonds is 3. The maximum atomic E-state index is 4.84. The Bertz CT molecular complexity index is 452. The molecule has 2 heterocycles. The molecule has 5 heteroatoms. The van der Waals surface area contributed by atoms with E-state index in [2.05, 4.69) is 20.4 Å². The minimum atomic E-state index is 0.611. The minimum Gasteiger partial charge on any atom is -0.364 e. The van der Waals surface area contributed by atoms with Crippen LogP contribution >= 0.6 is 0 Å². The predicted octanol–water partition coefficient (Wildman–Crippen LogP) is 1.69. The van der Waals surface area contributed by atoms with Gasteiger partial charge in [0.25, 0.3) is 0 Å². The summed E-state index contributed by atoms with van der Waals surface area (Å²) in [5, 5.41) is 7.06. The molecular weight excluding hydrogens is 192 g/mol. The van der Waals surface area contributed by atoms with Gasteiger partial charge in [0.2, 0.25) is 0 Å². The third-order valence-corrected chi connectivity index (χ3v) is 2.17. The molecule has 0 spiro atoms. The van der Waals surface area contributed by atoms with E-state index >= 15 is 0 Å². The van der Waals surface area contributed by atoms with Crippen molar-refractivity contribution < 1.29 is 4.52 Å². The third kappa shape index (κ3) is 2.12. The van der Waals surface area contributed by atoms with Crippen LogP contribution in [-0.2, 0) is 6.54 Å². The van der Waals surface area contributed by atoms with Crippen LogP contribution in [0.3, 0.4) is 0 Å². The molecule has 0 radical (unpaired) electrons. The molecule has 0 saturated heterocycles. The second kappa shape index (κ2) is 4.08. The number of anilines is 1. The van der Waals surface area contributed by atoms with Gasteiger partial charge in [-0.25, -0.2) is 9.97 Å². The van der Waals surface area contributed by atoms with Crippen LogP contribution in [0.15, 0.2) is 23.3 Å². The molecular formula is C10H12N4O. The van der Waals surface area contributed by atoms with Crippen LogP contribution in [0.25, 0.3) is 0 Å². The summed E-state index contributed by atoms with van der Waals surface area (Å²) in [6, 6.07) is 0. The molecule has 1 N–H and O–H groups in total. The first kappa shape index (κ1) is 9.64. The van der Waals surface area contributed by atoms with Crippen molar-refractivity contribution in [2.75, 3.05) is 5.32 Å². The second-order valence-electron chi connectivity index (χ2n) is 3.35. The second-order valence-corrected chi connectivity index (χ2v) is 3.35. The van der Waals surface area contributed by atoms with Gasteiger partial charge >= 0.3 is 0 Å². The summed E-state index contributed by atoms with van der Waals surface area (Å²) < 4.78 is 4.84. The largest absolute Gasteiger partial charge is 0.364 e. The van der Waals surface area contributed by atoms with Crippen molar-refractivity contribution >= 4 is 5.82 Å². The summed E-state index contributed by atoms with van der Waals surface area (Å²) in [6.07, 6.45) is 4.92. The van der Waals surface area contributed by atoms with Gasteiger partial charge in [-0.2, -0.15) is 0 Å². The van der Waals surface area contributed by atoms with E-state index in [0.29, 0.717) is 6.54 Å². The van der Waals surface area contributed by atoms with Gasteiger partial charge < -0.3 is 9.84 Å². The van der Waals surface area contributed by atoms with Crippen LogP contribution in [-0.4, -0.2) is 15.1 Å². The van der Waals surface area contributed by atoms with Crippen LogP contribution in [0.2, 0.25) is 0 Å². The Labute approximate surface area is 87.5 Å². The quantitative estimate of drug-likeness (QED) is 0.824. The Balaban J connectivity index is 2.06. The van der Waals surface area contributed by atoms with E-state index in [-0.39, 0.29) is 0 Å². The summed E-state index contributed by atoms with van der Waals surface area (Å²) in [5.74, 6) is 0.826. The fourth-order valence-electron chi connectivity index (χ4n) is 1.23. The van der Waals surface area contributed by atoms with Gasteiger partial charge in [-0.15, -0.1) is 0 Å². The van der Waals surface area contributed by atoms with Crippen molar-refractivity contribution in [2.45, 2.75) is 20.4 Å². The van der Waals surface area contributed by atoms with Gasteiger partial charge in [0.05, 0.1) is 6.54 Å². The molecule has 0 fully saturated rings. The maximum absolute atomic E-state index is 4.84. The highest BCUT2D eigenvalue weighted by molar-refractivity contribution is 5.41. The number of aryl methyl sites for hydroxylation is 2. The Morgan fingerprint density at radius 2 is 2.20 bits per heavy atom. The maximum Gasteiger partial charge on any atom is 0.132 e. The van der Waals surface area contributed by atoms with Crippen LogP contribution in [0.1, 0.15) is 16.8 Å². The average Bonchev–Trinajstić information content (AvgIpc) is 2.63. The lowest BCUT2D eigenvalue weighted by atomic mass is 10.3. The summed E-state index contributed by atoms with van der Waals surface area (Å²) in [7, 11) is 0. The Morgan fingerprint density at radius 1 is 1.33 bits per heavy atom. The van der Waals surface area contributed by atoms with Gasteiger partial charge in [-0.05, 0) is 13.8 Å². The Hall–Kier alpha value is -1.91. The molecule has 78 valence electrons. The molecule has 15 heavy (non-hydrogen) atoms. The zero-order chi connectivity index (χ0) is 10.7. The van der Waals surface area contributed by atoms with Crippen molar-refractivity contribution in [3.05, 3.63) is 35.6 Å². The van der Waals surface area contributed by atoms with E-state index in [1.165, 1.54) is 6.33 Å². The molecule has 0 amide bonds. The minimum absolute atomic E-state index is 0.611.